The third-order valence-electron chi connectivity index (χ3n) is 3.26. The molecule has 2 aromatic carbocycles. The van der Waals surface area contributed by atoms with Gasteiger partial charge in [-0.1, -0.05) is 23.7 Å². The minimum Gasteiger partial charge on any atom is -0.398 e. The topological polar surface area (TPSA) is 49.8 Å². The van der Waals surface area contributed by atoms with Crippen LogP contribution in [0.25, 0.3) is 0 Å². The summed E-state index contributed by atoms with van der Waals surface area (Å²) >= 11 is 5.79. The lowest BCUT2D eigenvalue weighted by molar-refractivity contribution is -0.137. The predicted octanol–water partition coefficient (Wildman–Crippen LogP) is 4.60. The van der Waals surface area contributed by atoms with E-state index in [0.29, 0.717) is 10.6 Å². The summed E-state index contributed by atoms with van der Waals surface area (Å²) in [6, 6.07) is 10.6. The fourth-order valence-corrected chi connectivity index (χ4v) is 2.27. The van der Waals surface area contributed by atoms with Gasteiger partial charge in [0.15, 0.2) is 0 Å². The van der Waals surface area contributed by atoms with Crippen molar-refractivity contribution in [2.75, 3.05) is 5.73 Å². The van der Waals surface area contributed by atoms with Crippen LogP contribution in [0.5, 0.6) is 0 Å². The molecule has 0 aliphatic carbocycles. The van der Waals surface area contributed by atoms with Gasteiger partial charge in [0.05, 0.1) is 18.1 Å². The highest BCUT2D eigenvalue weighted by molar-refractivity contribution is 6.30. The first-order valence-corrected chi connectivity index (χ1v) is 6.79. The molecule has 2 N–H and O–H groups in total. The van der Waals surface area contributed by atoms with E-state index in [-0.39, 0.29) is 24.1 Å². The molecule has 0 saturated heterocycles. The van der Waals surface area contributed by atoms with E-state index in [2.05, 4.69) is 0 Å². The van der Waals surface area contributed by atoms with Crippen LogP contribution in [0.15, 0.2) is 36.4 Å². The van der Waals surface area contributed by atoms with E-state index in [1.54, 1.807) is 24.3 Å². The number of nitrogen functional groups attached to an aromatic ring is 1. The summed E-state index contributed by atoms with van der Waals surface area (Å²) in [5, 5.41) is 9.29. The van der Waals surface area contributed by atoms with Crippen LogP contribution >= 0.6 is 11.6 Å². The minimum atomic E-state index is -4.48. The van der Waals surface area contributed by atoms with E-state index in [1.165, 1.54) is 0 Å². The quantitative estimate of drug-likeness (QED) is 0.839. The van der Waals surface area contributed by atoms with Crippen molar-refractivity contribution in [2.45, 2.75) is 19.0 Å². The molecule has 0 amide bonds. The van der Waals surface area contributed by atoms with Crippen LogP contribution in [0.2, 0.25) is 5.02 Å². The maximum Gasteiger partial charge on any atom is 0.416 e. The zero-order chi connectivity index (χ0) is 16.3. The van der Waals surface area contributed by atoms with Gasteiger partial charge < -0.3 is 5.73 Å². The van der Waals surface area contributed by atoms with E-state index in [4.69, 9.17) is 22.6 Å². The van der Waals surface area contributed by atoms with E-state index in [0.717, 1.165) is 17.7 Å². The molecule has 0 fully saturated rings. The Morgan fingerprint density at radius 1 is 1.09 bits per heavy atom. The Labute approximate surface area is 130 Å². The lowest BCUT2D eigenvalue weighted by atomic mass is 9.96. The zero-order valence-corrected chi connectivity index (χ0v) is 12.2. The van der Waals surface area contributed by atoms with Crippen molar-refractivity contribution < 1.29 is 13.2 Å². The number of benzene rings is 2. The molecule has 0 aliphatic heterocycles. The summed E-state index contributed by atoms with van der Waals surface area (Å²) in [5.41, 5.74) is 6.68. The van der Waals surface area contributed by atoms with Gasteiger partial charge in [0.2, 0.25) is 0 Å². The van der Waals surface area contributed by atoms with E-state index in [9.17, 15) is 13.2 Å². The first-order valence-electron chi connectivity index (χ1n) is 6.41. The number of hydrogen-bond acceptors (Lipinski definition) is 2. The summed E-state index contributed by atoms with van der Waals surface area (Å²) in [6.07, 6.45) is -4.40. The second-order valence-corrected chi connectivity index (χ2v) is 5.28. The SMILES string of the molecule is N#CCc1cc(C(F)(F)F)cc(Cc2ccc(Cl)cc2)c1N. The molecule has 2 aromatic rings. The molecule has 0 radical (unpaired) electrons. The summed E-state index contributed by atoms with van der Waals surface area (Å²) in [5.74, 6) is 0. The largest absolute Gasteiger partial charge is 0.416 e. The number of rotatable bonds is 3. The minimum absolute atomic E-state index is 0.163. The molecule has 114 valence electrons. The maximum atomic E-state index is 13.0. The highest BCUT2D eigenvalue weighted by atomic mass is 35.5. The standard InChI is InChI=1S/C16H12ClF3N2/c17-14-3-1-10(2-4-14)7-12-9-13(16(18,19)20)8-11(5-6-21)15(12)22/h1-4,8-9H,5,7,22H2. The smallest absolute Gasteiger partial charge is 0.398 e. The third-order valence-corrected chi connectivity index (χ3v) is 3.51. The first-order chi connectivity index (χ1) is 10.3. The van der Waals surface area contributed by atoms with Gasteiger partial charge in [0.1, 0.15) is 0 Å². The normalized spacial score (nSPS) is 11.2. The van der Waals surface area contributed by atoms with E-state index in [1.807, 2.05) is 6.07 Å². The predicted molar refractivity (Wildman–Crippen MR) is 79.4 cm³/mol. The summed E-state index contributed by atoms with van der Waals surface area (Å²) in [6.45, 7) is 0. The van der Waals surface area contributed by atoms with Crippen molar-refractivity contribution in [1.82, 2.24) is 0 Å². The molecule has 6 heteroatoms. The fraction of sp³-hybridized carbons (Fsp3) is 0.188. The molecule has 0 unspecified atom stereocenters. The zero-order valence-electron chi connectivity index (χ0n) is 11.4. The Morgan fingerprint density at radius 3 is 2.23 bits per heavy atom. The van der Waals surface area contributed by atoms with Gasteiger partial charge in [-0.2, -0.15) is 18.4 Å². The molecule has 0 atom stereocenters. The monoisotopic (exact) mass is 324 g/mol. The average molecular weight is 325 g/mol. The van der Waals surface area contributed by atoms with Crippen LogP contribution in [0.1, 0.15) is 22.3 Å². The Bertz CT molecular complexity index is 716. The van der Waals surface area contributed by atoms with Crippen molar-refractivity contribution in [3.63, 3.8) is 0 Å². The van der Waals surface area contributed by atoms with Crippen molar-refractivity contribution in [1.29, 1.82) is 5.26 Å². The summed E-state index contributed by atoms with van der Waals surface area (Å²) in [4.78, 5) is 0. The van der Waals surface area contributed by atoms with Crippen molar-refractivity contribution in [2.24, 2.45) is 0 Å². The van der Waals surface area contributed by atoms with Gasteiger partial charge in [-0.05, 0) is 47.4 Å². The molecule has 0 heterocycles. The first kappa shape index (κ1) is 16.2. The Hall–Kier alpha value is -2.19. The molecule has 2 rings (SSSR count). The number of nitriles is 1. The number of anilines is 1. The second kappa shape index (κ2) is 6.29. The van der Waals surface area contributed by atoms with Gasteiger partial charge in [-0.3, -0.25) is 0 Å². The lowest BCUT2D eigenvalue weighted by Gasteiger charge is -2.15. The average Bonchev–Trinajstić information content (AvgIpc) is 2.44. The van der Waals surface area contributed by atoms with Gasteiger partial charge in [-0.15, -0.1) is 0 Å². The van der Waals surface area contributed by atoms with Crippen LogP contribution in [-0.2, 0) is 19.0 Å². The van der Waals surface area contributed by atoms with Crippen LogP contribution in [-0.4, -0.2) is 0 Å². The van der Waals surface area contributed by atoms with Gasteiger partial charge >= 0.3 is 6.18 Å². The molecule has 0 aromatic heterocycles. The number of hydrogen-bond donors (Lipinski definition) is 1. The van der Waals surface area contributed by atoms with Gasteiger partial charge in [0, 0.05) is 10.7 Å². The van der Waals surface area contributed by atoms with E-state index >= 15 is 0 Å². The van der Waals surface area contributed by atoms with Crippen molar-refractivity contribution in [3.8, 4) is 6.07 Å². The lowest BCUT2D eigenvalue weighted by Crippen LogP contribution is -2.10. The number of halogens is 4. The van der Waals surface area contributed by atoms with E-state index < -0.39 is 11.7 Å². The Balaban J connectivity index is 2.47. The van der Waals surface area contributed by atoms with Gasteiger partial charge in [-0.25, -0.2) is 0 Å². The maximum absolute atomic E-state index is 13.0. The van der Waals surface area contributed by atoms with Crippen LogP contribution in [0, 0.1) is 11.3 Å². The third kappa shape index (κ3) is 3.71. The summed E-state index contributed by atoms with van der Waals surface area (Å²) < 4.78 is 38.9. The number of nitrogens with zero attached hydrogens (tertiary/aromatic N) is 1. The molecule has 0 aliphatic rings. The Kier molecular flexibility index (Phi) is 4.62. The van der Waals surface area contributed by atoms with Crippen LogP contribution < -0.4 is 5.73 Å². The van der Waals surface area contributed by atoms with Crippen LogP contribution in [0.3, 0.4) is 0 Å². The fourth-order valence-electron chi connectivity index (χ4n) is 2.14. The highest BCUT2D eigenvalue weighted by Crippen LogP contribution is 2.34. The summed E-state index contributed by atoms with van der Waals surface area (Å²) in [7, 11) is 0. The molecule has 0 bridgehead atoms. The van der Waals surface area contributed by atoms with Gasteiger partial charge in [0.25, 0.3) is 0 Å². The molecular formula is C16H12ClF3N2. The second-order valence-electron chi connectivity index (χ2n) is 4.84. The van der Waals surface area contributed by atoms with Crippen molar-refractivity contribution >= 4 is 17.3 Å². The van der Waals surface area contributed by atoms with Crippen molar-refractivity contribution in [3.05, 3.63) is 63.7 Å². The molecule has 0 spiro atoms. The number of nitrogens with two attached hydrogens (primary N) is 1. The molecule has 2 nitrogen and oxygen atoms in total. The highest BCUT2D eigenvalue weighted by Gasteiger charge is 2.31. The van der Waals surface area contributed by atoms with Crippen LogP contribution in [0.4, 0.5) is 18.9 Å². The number of alkyl halides is 3. The molecular weight excluding hydrogens is 313 g/mol. The Morgan fingerprint density at radius 2 is 1.68 bits per heavy atom. The molecule has 22 heavy (non-hydrogen) atoms. The molecule has 0 saturated carbocycles.